The van der Waals surface area contributed by atoms with Gasteiger partial charge in [0.1, 0.15) is 0 Å². The Morgan fingerprint density at radius 2 is 2.24 bits per heavy atom. The van der Waals surface area contributed by atoms with Crippen LogP contribution in [0.25, 0.3) is 0 Å². The molecule has 17 heavy (non-hydrogen) atoms. The molecular formula is C13H14N2OS. The summed E-state index contributed by atoms with van der Waals surface area (Å²) < 4.78 is 4.09. The van der Waals surface area contributed by atoms with Crippen LogP contribution in [0.4, 0.5) is 0 Å². The highest BCUT2D eigenvalue weighted by Crippen LogP contribution is 2.09. The average molecular weight is 246 g/mol. The Hall–Kier alpha value is -1.68. The van der Waals surface area contributed by atoms with Crippen LogP contribution in [0.2, 0.25) is 0 Å². The Bertz CT molecular complexity index is 534. The second-order valence-electron chi connectivity index (χ2n) is 3.99. The number of amides is 1. The maximum absolute atomic E-state index is 11.8. The summed E-state index contributed by atoms with van der Waals surface area (Å²) in [5.74, 6) is -0.0576. The van der Waals surface area contributed by atoms with E-state index in [1.165, 1.54) is 17.1 Å². The van der Waals surface area contributed by atoms with Crippen LogP contribution < -0.4 is 5.32 Å². The molecule has 1 aromatic carbocycles. The molecule has 1 N–H and O–H groups in total. The van der Waals surface area contributed by atoms with Crippen molar-refractivity contribution >= 4 is 17.4 Å². The van der Waals surface area contributed by atoms with Crippen molar-refractivity contribution in [2.24, 2.45) is 0 Å². The normalized spacial score (nSPS) is 10.2. The van der Waals surface area contributed by atoms with Gasteiger partial charge in [-0.3, -0.25) is 4.79 Å². The number of aromatic nitrogens is 1. The summed E-state index contributed by atoms with van der Waals surface area (Å²) in [5.41, 5.74) is 3.77. The van der Waals surface area contributed by atoms with E-state index in [1.807, 2.05) is 32.0 Å². The van der Waals surface area contributed by atoms with Crippen LogP contribution in [-0.4, -0.2) is 10.3 Å². The van der Waals surface area contributed by atoms with Gasteiger partial charge in [0.25, 0.3) is 5.91 Å². The third kappa shape index (κ3) is 2.91. The Labute approximate surface area is 105 Å². The van der Waals surface area contributed by atoms with Gasteiger partial charge in [-0.1, -0.05) is 29.8 Å². The minimum Gasteiger partial charge on any atom is -0.348 e. The van der Waals surface area contributed by atoms with E-state index in [0.717, 1.165) is 11.3 Å². The predicted octanol–water partition coefficient (Wildman–Crippen LogP) is 2.69. The molecule has 0 bridgehead atoms. The molecule has 0 aliphatic heterocycles. The van der Waals surface area contributed by atoms with Gasteiger partial charge in [-0.15, -0.1) is 0 Å². The van der Waals surface area contributed by atoms with Crippen LogP contribution in [0.5, 0.6) is 0 Å². The number of nitrogens with zero attached hydrogens (tertiary/aromatic N) is 1. The fourth-order valence-electron chi connectivity index (χ4n) is 1.61. The molecule has 0 unspecified atom stereocenters. The average Bonchev–Trinajstić information content (AvgIpc) is 2.72. The van der Waals surface area contributed by atoms with Crippen molar-refractivity contribution in [1.82, 2.24) is 9.69 Å². The number of hydrogen-bond acceptors (Lipinski definition) is 3. The van der Waals surface area contributed by atoms with E-state index in [0.29, 0.717) is 12.1 Å². The highest BCUT2D eigenvalue weighted by atomic mass is 32.1. The van der Waals surface area contributed by atoms with Crippen LogP contribution in [0.3, 0.4) is 0 Å². The first-order valence-corrected chi connectivity index (χ1v) is 6.25. The first-order chi connectivity index (χ1) is 8.16. The highest BCUT2D eigenvalue weighted by Gasteiger charge is 2.10. The molecule has 1 aromatic heterocycles. The number of hydrogen-bond donors (Lipinski definition) is 1. The zero-order valence-electron chi connectivity index (χ0n) is 9.86. The number of benzene rings is 1. The first kappa shape index (κ1) is 11.8. The Balaban J connectivity index is 1.99. The summed E-state index contributed by atoms with van der Waals surface area (Å²) in [6.07, 6.45) is 0. The summed E-state index contributed by atoms with van der Waals surface area (Å²) >= 11 is 1.31. The van der Waals surface area contributed by atoms with Gasteiger partial charge in [0.2, 0.25) is 0 Å². The Morgan fingerprint density at radius 1 is 1.41 bits per heavy atom. The number of aryl methyl sites for hydroxylation is 2. The first-order valence-electron chi connectivity index (χ1n) is 5.41. The second-order valence-corrected chi connectivity index (χ2v) is 4.61. The molecule has 88 valence electrons. The van der Waals surface area contributed by atoms with Gasteiger partial charge >= 0.3 is 0 Å². The molecule has 1 amide bonds. The second kappa shape index (κ2) is 5.10. The van der Waals surface area contributed by atoms with E-state index < -0.39 is 0 Å². The lowest BCUT2D eigenvalue weighted by Crippen LogP contribution is -2.23. The van der Waals surface area contributed by atoms with Crippen molar-refractivity contribution in [3.63, 3.8) is 0 Å². The van der Waals surface area contributed by atoms with Crippen molar-refractivity contribution in [2.45, 2.75) is 20.4 Å². The number of rotatable bonds is 3. The SMILES string of the molecule is Cc1cccc(CNC(=O)c2csnc2C)c1. The molecule has 2 rings (SSSR count). The molecule has 0 atom stereocenters. The fraction of sp³-hybridized carbons (Fsp3) is 0.231. The number of carbonyl (C=O) groups excluding carboxylic acids is 1. The van der Waals surface area contributed by atoms with Crippen LogP contribution in [0, 0.1) is 13.8 Å². The predicted molar refractivity (Wildman–Crippen MR) is 69.2 cm³/mol. The molecule has 0 saturated heterocycles. The van der Waals surface area contributed by atoms with Crippen LogP contribution in [0.15, 0.2) is 29.6 Å². The third-order valence-electron chi connectivity index (χ3n) is 2.53. The minimum absolute atomic E-state index is 0.0576. The molecule has 0 spiro atoms. The van der Waals surface area contributed by atoms with E-state index >= 15 is 0 Å². The minimum atomic E-state index is -0.0576. The Morgan fingerprint density at radius 3 is 2.88 bits per heavy atom. The van der Waals surface area contributed by atoms with Gasteiger partial charge in [-0.2, -0.15) is 4.37 Å². The van der Waals surface area contributed by atoms with Gasteiger partial charge in [0, 0.05) is 11.9 Å². The lowest BCUT2D eigenvalue weighted by Gasteiger charge is -2.05. The summed E-state index contributed by atoms with van der Waals surface area (Å²) in [6, 6.07) is 8.11. The van der Waals surface area contributed by atoms with Crippen molar-refractivity contribution in [2.75, 3.05) is 0 Å². The molecular weight excluding hydrogens is 232 g/mol. The molecule has 0 aliphatic rings. The fourth-order valence-corrected chi connectivity index (χ4v) is 2.30. The van der Waals surface area contributed by atoms with Crippen LogP contribution in [-0.2, 0) is 6.54 Å². The summed E-state index contributed by atoms with van der Waals surface area (Å²) in [4.78, 5) is 11.8. The van der Waals surface area contributed by atoms with E-state index in [2.05, 4.69) is 15.8 Å². The van der Waals surface area contributed by atoms with E-state index in [4.69, 9.17) is 0 Å². The van der Waals surface area contributed by atoms with Crippen molar-refractivity contribution in [3.05, 3.63) is 52.0 Å². The summed E-state index contributed by atoms with van der Waals surface area (Å²) in [7, 11) is 0. The summed E-state index contributed by atoms with van der Waals surface area (Å²) in [6.45, 7) is 4.44. The molecule has 0 fully saturated rings. The van der Waals surface area contributed by atoms with Crippen LogP contribution >= 0.6 is 11.5 Å². The van der Waals surface area contributed by atoms with E-state index in [9.17, 15) is 4.79 Å². The maximum atomic E-state index is 11.8. The monoisotopic (exact) mass is 246 g/mol. The molecule has 4 heteroatoms. The molecule has 3 nitrogen and oxygen atoms in total. The number of nitrogens with one attached hydrogen (secondary N) is 1. The highest BCUT2D eigenvalue weighted by molar-refractivity contribution is 7.03. The van der Waals surface area contributed by atoms with E-state index in [1.54, 1.807) is 5.38 Å². The maximum Gasteiger partial charge on any atom is 0.254 e. The topological polar surface area (TPSA) is 42.0 Å². The van der Waals surface area contributed by atoms with Gasteiger partial charge in [0.15, 0.2) is 0 Å². The largest absolute Gasteiger partial charge is 0.348 e. The van der Waals surface area contributed by atoms with Gasteiger partial charge in [0.05, 0.1) is 11.3 Å². The number of carbonyl (C=O) groups is 1. The standard InChI is InChI=1S/C13H14N2OS/c1-9-4-3-5-11(6-9)7-14-13(16)12-8-17-15-10(12)2/h3-6,8H,7H2,1-2H3,(H,14,16). The Kier molecular flexibility index (Phi) is 3.54. The smallest absolute Gasteiger partial charge is 0.254 e. The lowest BCUT2D eigenvalue weighted by atomic mass is 10.1. The van der Waals surface area contributed by atoms with Gasteiger partial charge in [-0.05, 0) is 30.9 Å². The zero-order chi connectivity index (χ0) is 12.3. The molecule has 0 aliphatic carbocycles. The summed E-state index contributed by atoms with van der Waals surface area (Å²) in [5, 5.41) is 4.68. The third-order valence-corrected chi connectivity index (χ3v) is 3.25. The lowest BCUT2D eigenvalue weighted by molar-refractivity contribution is 0.0950. The molecule has 2 aromatic rings. The van der Waals surface area contributed by atoms with Crippen molar-refractivity contribution in [1.29, 1.82) is 0 Å². The van der Waals surface area contributed by atoms with Gasteiger partial charge < -0.3 is 5.32 Å². The van der Waals surface area contributed by atoms with Crippen molar-refractivity contribution in [3.8, 4) is 0 Å². The molecule has 0 saturated carbocycles. The van der Waals surface area contributed by atoms with E-state index in [-0.39, 0.29) is 5.91 Å². The molecule has 1 heterocycles. The van der Waals surface area contributed by atoms with Crippen molar-refractivity contribution < 1.29 is 4.79 Å². The van der Waals surface area contributed by atoms with Crippen LogP contribution in [0.1, 0.15) is 27.2 Å². The van der Waals surface area contributed by atoms with Gasteiger partial charge in [-0.25, -0.2) is 0 Å². The quantitative estimate of drug-likeness (QED) is 0.904. The zero-order valence-corrected chi connectivity index (χ0v) is 10.7. The molecule has 0 radical (unpaired) electrons.